The number of rotatable bonds is 5. The number of aromatic amines is 1. The van der Waals surface area contributed by atoms with Crippen LogP contribution in [0.15, 0.2) is 24.5 Å². The number of carbonyl (C=O) groups excluding carboxylic acids is 1. The number of nitrogens with two attached hydrogens (primary N) is 1. The summed E-state index contributed by atoms with van der Waals surface area (Å²) in [6, 6.07) is 2.92. The fourth-order valence-electron chi connectivity index (χ4n) is 1.93. The van der Waals surface area contributed by atoms with E-state index in [1.165, 1.54) is 14.2 Å². The Hall–Kier alpha value is -2.70. The van der Waals surface area contributed by atoms with E-state index in [0.29, 0.717) is 22.9 Å². The molecule has 21 heavy (non-hydrogen) atoms. The van der Waals surface area contributed by atoms with Crippen LogP contribution in [0.4, 0.5) is 5.69 Å². The van der Waals surface area contributed by atoms with Crippen LogP contribution < -0.4 is 20.5 Å². The first-order valence-corrected chi connectivity index (χ1v) is 6.38. The second-order valence-electron chi connectivity index (χ2n) is 4.46. The molecule has 1 unspecified atom stereocenters. The minimum atomic E-state index is -0.325. The molecule has 0 aliphatic carbocycles. The molecule has 1 heterocycles. The Morgan fingerprint density at radius 3 is 2.71 bits per heavy atom. The van der Waals surface area contributed by atoms with E-state index in [9.17, 15) is 4.79 Å². The van der Waals surface area contributed by atoms with E-state index in [4.69, 9.17) is 15.2 Å². The normalized spacial score (nSPS) is 11.8. The molecule has 0 aliphatic rings. The van der Waals surface area contributed by atoms with Gasteiger partial charge >= 0.3 is 0 Å². The molecule has 4 N–H and O–H groups in total. The second-order valence-corrected chi connectivity index (χ2v) is 4.46. The molecule has 0 radical (unpaired) electrons. The molecule has 1 aromatic carbocycles. The van der Waals surface area contributed by atoms with Crippen molar-refractivity contribution in [2.24, 2.45) is 0 Å². The van der Waals surface area contributed by atoms with Crippen LogP contribution in [0.1, 0.15) is 29.1 Å². The van der Waals surface area contributed by atoms with Gasteiger partial charge in [-0.2, -0.15) is 0 Å². The molecule has 2 aromatic rings. The number of ether oxygens (including phenoxy) is 2. The van der Waals surface area contributed by atoms with Crippen LogP contribution in [0.5, 0.6) is 11.5 Å². The lowest BCUT2D eigenvalue weighted by atomic mass is 10.1. The van der Waals surface area contributed by atoms with Crippen molar-refractivity contribution in [2.75, 3.05) is 20.0 Å². The van der Waals surface area contributed by atoms with Gasteiger partial charge in [0, 0.05) is 18.5 Å². The van der Waals surface area contributed by atoms with Crippen LogP contribution in [-0.2, 0) is 0 Å². The first-order valence-electron chi connectivity index (χ1n) is 6.38. The minimum Gasteiger partial charge on any atom is -0.497 e. The Morgan fingerprint density at radius 1 is 1.38 bits per heavy atom. The summed E-state index contributed by atoms with van der Waals surface area (Å²) in [5.74, 6) is 1.23. The van der Waals surface area contributed by atoms with Crippen LogP contribution in [0, 0.1) is 0 Å². The van der Waals surface area contributed by atoms with Gasteiger partial charge in [0.05, 0.1) is 31.5 Å². The van der Waals surface area contributed by atoms with Crippen LogP contribution in [-0.4, -0.2) is 30.1 Å². The Labute approximate surface area is 122 Å². The highest BCUT2D eigenvalue weighted by Crippen LogP contribution is 2.31. The smallest absolute Gasteiger partial charge is 0.254 e. The number of nitrogen functional groups attached to an aromatic ring is 1. The number of methoxy groups -OCH3 is 2. The third kappa shape index (κ3) is 3.07. The summed E-state index contributed by atoms with van der Waals surface area (Å²) >= 11 is 0. The monoisotopic (exact) mass is 290 g/mol. The summed E-state index contributed by atoms with van der Waals surface area (Å²) in [5, 5.41) is 2.82. The summed E-state index contributed by atoms with van der Waals surface area (Å²) in [6.45, 7) is 1.82. The predicted octanol–water partition coefficient (Wildman–Crippen LogP) is 1.50. The standard InChI is InChI=1S/C14H18N4O3/c1-8(13-16-4-5-17-13)18-14(19)10-6-9(20-2)7-11(21-3)12(10)15/h4-8H,15H2,1-3H3,(H,16,17)(H,18,19). The zero-order valence-electron chi connectivity index (χ0n) is 12.1. The van der Waals surface area contributed by atoms with Crippen molar-refractivity contribution in [1.82, 2.24) is 15.3 Å². The number of hydrogen-bond acceptors (Lipinski definition) is 5. The van der Waals surface area contributed by atoms with Crippen molar-refractivity contribution in [1.29, 1.82) is 0 Å². The van der Waals surface area contributed by atoms with Gasteiger partial charge in [-0.1, -0.05) is 0 Å². The van der Waals surface area contributed by atoms with Gasteiger partial charge in [0.15, 0.2) is 0 Å². The quantitative estimate of drug-likeness (QED) is 0.724. The first kappa shape index (κ1) is 14.7. The highest BCUT2D eigenvalue weighted by molar-refractivity contribution is 6.01. The van der Waals surface area contributed by atoms with Crippen molar-refractivity contribution in [3.8, 4) is 11.5 Å². The lowest BCUT2D eigenvalue weighted by molar-refractivity contribution is 0.0938. The highest BCUT2D eigenvalue weighted by Gasteiger charge is 2.19. The molecular weight excluding hydrogens is 272 g/mol. The molecule has 1 aromatic heterocycles. The van der Waals surface area contributed by atoms with Gasteiger partial charge in [-0.25, -0.2) is 4.98 Å². The number of hydrogen-bond donors (Lipinski definition) is 3. The molecule has 0 aliphatic heterocycles. The SMILES string of the molecule is COc1cc(OC)c(N)c(C(=O)NC(C)c2ncc[nH]2)c1. The number of aromatic nitrogens is 2. The molecule has 2 rings (SSSR count). The summed E-state index contributed by atoms with van der Waals surface area (Å²) in [4.78, 5) is 19.4. The minimum absolute atomic E-state index is 0.266. The summed E-state index contributed by atoms with van der Waals surface area (Å²) in [5.41, 5.74) is 6.51. The molecule has 112 valence electrons. The van der Waals surface area contributed by atoms with E-state index in [-0.39, 0.29) is 17.6 Å². The molecule has 7 heteroatoms. The number of carbonyl (C=O) groups is 1. The Balaban J connectivity index is 2.26. The number of imidazole rings is 1. The van der Waals surface area contributed by atoms with Crippen molar-refractivity contribution in [3.63, 3.8) is 0 Å². The molecule has 7 nitrogen and oxygen atoms in total. The summed E-state index contributed by atoms with van der Waals surface area (Å²) in [6.07, 6.45) is 3.32. The van der Waals surface area contributed by atoms with Crippen molar-refractivity contribution in [2.45, 2.75) is 13.0 Å². The number of nitrogens with one attached hydrogen (secondary N) is 2. The van der Waals surface area contributed by atoms with E-state index in [1.807, 2.05) is 6.92 Å². The molecule has 1 amide bonds. The summed E-state index contributed by atoms with van der Waals surface area (Å²) in [7, 11) is 3.00. The van der Waals surface area contributed by atoms with Gasteiger partial charge in [0.25, 0.3) is 5.91 Å². The van der Waals surface area contributed by atoms with E-state index in [1.54, 1.807) is 24.5 Å². The topological polar surface area (TPSA) is 102 Å². The van der Waals surface area contributed by atoms with Crippen LogP contribution in [0.3, 0.4) is 0 Å². The lowest BCUT2D eigenvalue weighted by Crippen LogP contribution is -2.28. The first-order chi connectivity index (χ1) is 10.1. The van der Waals surface area contributed by atoms with Crippen LogP contribution in [0.25, 0.3) is 0 Å². The van der Waals surface area contributed by atoms with Gasteiger partial charge in [-0.3, -0.25) is 4.79 Å². The average molecular weight is 290 g/mol. The zero-order chi connectivity index (χ0) is 15.4. The van der Waals surface area contributed by atoms with E-state index >= 15 is 0 Å². The number of H-pyrrole nitrogens is 1. The van der Waals surface area contributed by atoms with Crippen LogP contribution in [0.2, 0.25) is 0 Å². The third-order valence-corrected chi connectivity index (χ3v) is 3.09. The molecule has 0 saturated carbocycles. The van der Waals surface area contributed by atoms with Gasteiger partial charge in [-0.05, 0) is 13.0 Å². The Morgan fingerprint density at radius 2 is 2.14 bits per heavy atom. The van der Waals surface area contributed by atoms with E-state index in [2.05, 4.69) is 15.3 Å². The van der Waals surface area contributed by atoms with Gasteiger partial charge < -0.3 is 25.5 Å². The van der Waals surface area contributed by atoms with Gasteiger partial charge in [-0.15, -0.1) is 0 Å². The molecule has 0 spiro atoms. The highest BCUT2D eigenvalue weighted by atomic mass is 16.5. The van der Waals surface area contributed by atoms with E-state index in [0.717, 1.165) is 0 Å². The maximum absolute atomic E-state index is 12.4. The molecule has 0 bridgehead atoms. The maximum atomic E-state index is 12.4. The lowest BCUT2D eigenvalue weighted by Gasteiger charge is -2.15. The Bertz CT molecular complexity index is 625. The van der Waals surface area contributed by atoms with Crippen molar-refractivity contribution in [3.05, 3.63) is 35.9 Å². The van der Waals surface area contributed by atoms with Crippen LogP contribution >= 0.6 is 0 Å². The van der Waals surface area contributed by atoms with Gasteiger partial charge in [0.2, 0.25) is 0 Å². The fraction of sp³-hybridized carbons (Fsp3) is 0.286. The molecule has 0 fully saturated rings. The number of anilines is 1. The van der Waals surface area contributed by atoms with Gasteiger partial charge in [0.1, 0.15) is 17.3 Å². The van der Waals surface area contributed by atoms with E-state index < -0.39 is 0 Å². The third-order valence-electron chi connectivity index (χ3n) is 3.09. The number of amides is 1. The second kappa shape index (κ2) is 6.17. The van der Waals surface area contributed by atoms with Crippen molar-refractivity contribution < 1.29 is 14.3 Å². The Kier molecular flexibility index (Phi) is 4.32. The number of benzene rings is 1. The molecular formula is C14H18N4O3. The summed E-state index contributed by atoms with van der Waals surface area (Å²) < 4.78 is 10.3. The molecule has 1 atom stereocenters. The fourth-order valence-corrected chi connectivity index (χ4v) is 1.93. The average Bonchev–Trinajstić information content (AvgIpc) is 3.01. The predicted molar refractivity (Wildman–Crippen MR) is 78.4 cm³/mol. The van der Waals surface area contributed by atoms with Crippen molar-refractivity contribution >= 4 is 11.6 Å². The zero-order valence-corrected chi connectivity index (χ0v) is 12.1. The molecule has 0 saturated heterocycles. The largest absolute Gasteiger partial charge is 0.497 e. The maximum Gasteiger partial charge on any atom is 0.254 e. The number of nitrogens with zero attached hydrogens (tertiary/aromatic N) is 1.